The number of rotatable bonds is 2. The number of nitrogens with two attached hydrogens (primary N) is 1. The maximum Gasteiger partial charge on any atom is 0.327 e. The molecule has 0 aliphatic rings. The topological polar surface area (TPSA) is 52.3 Å². The van der Waals surface area contributed by atoms with Gasteiger partial charge >= 0.3 is 5.97 Å². The summed E-state index contributed by atoms with van der Waals surface area (Å²) in [5.41, 5.74) is 5.10. The monoisotopic (exact) mass is 115 g/mol. The summed E-state index contributed by atoms with van der Waals surface area (Å²) in [6.45, 7) is 4.73. The lowest BCUT2D eigenvalue weighted by atomic mass is 10.4. The van der Waals surface area contributed by atoms with Crippen molar-refractivity contribution in [3.63, 3.8) is 0 Å². The molecule has 0 saturated carbocycles. The summed E-state index contributed by atoms with van der Waals surface area (Å²) in [5.74, 6) is -0.458. The van der Waals surface area contributed by atoms with Gasteiger partial charge in [0.25, 0.3) is 0 Å². The Balaban J connectivity index is 3.48. The minimum Gasteiger partial charge on any atom is -0.434 e. The van der Waals surface area contributed by atoms with Crippen molar-refractivity contribution in [3.8, 4) is 0 Å². The molecule has 0 radical (unpaired) electrons. The average Bonchev–Trinajstić information content (AvgIpc) is 1.67. The molecule has 0 amide bonds. The standard InChI is InChI=1S/C5H9NO2/c1-3-8-5(7)4(2)6/h3-4H,1,6H2,2H3/t4-/m0/s1. The van der Waals surface area contributed by atoms with Crippen LogP contribution in [0, 0.1) is 0 Å². The van der Waals surface area contributed by atoms with Gasteiger partial charge in [-0.25, -0.2) is 4.79 Å². The molecule has 3 heteroatoms. The molecule has 46 valence electrons. The Labute approximate surface area is 48.1 Å². The van der Waals surface area contributed by atoms with E-state index in [1.807, 2.05) is 0 Å². The third kappa shape index (κ3) is 2.36. The fourth-order valence-electron chi connectivity index (χ4n) is 0.189. The first kappa shape index (κ1) is 7.17. The van der Waals surface area contributed by atoms with Crippen molar-refractivity contribution in [2.45, 2.75) is 13.0 Å². The molecule has 0 aromatic rings. The minimum absolute atomic E-state index is 0.458. The van der Waals surface area contributed by atoms with Gasteiger partial charge in [-0.2, -0.15) is 0 Å². The predicted molar refractivity (Wildman–Crippen MR) is 29.9 cm³/mol. The normalized spacial score (nSPS) is 12.2. The van der Waals surface area contributed by atoms with E-state index in [9.17, 15) is 4.79 Å². The smallest absolute Gasteiger partial charge is 0.327 e. The molecule has 0 aliphatic heterocycles. The van der Waals surface area contributed by atoms with Crippen molar-refractivity contribution in [1.29, 1.82) is 0 Å². The van der Waals surface area contributed by atoms with Gasteiger partial charge in [-0.3, -0.25) is 0 Å². The van der Waals surface area contributed by atoms with Crippen molar-refractivity contribution in [2.24, 2.45) is 5.73 Å². The molecule has 2 N–H and O–H groups in total. The summed E-state index contributed by atoms with van der Waals surface area (Å²) >= 11 is 0. The number of ether oxygens (including phenoxy) is 1. The van der Waals surface area contributed by atoms with Crippen LogP contribution in [0.2, 0.25) is 0 Å². The third-order valence-corrected chi connectivity index (χ3v) is 0.571. The molecule has 0 rings (SSSR count). The SMILES string of the molecule is C=COC(=O)[C@H](C)N. The molecule has 1 atom stereocenters. The molecule has 0 heterocycles. The van der Waals surface area contributed by atoms with E-state index in [4.69, 9.17) is 5.73 Å². The number of hydrogen-bond donors (Lipinski definition) is 1. The van der Waals surface area contributed by atoms with Crippen LogP contribution in [0.1, 0.15) is 6.92 Å². The highest BCUT2D eigenvalue weighted by molar-refractivity contribution is 5.75. The molecule has 0 fully saturated rings. The first-order valence-electron chi connectivity index (χ1n) is 2.25. The zero-order chi connectivity index (χ0) is 6.57. The van der Waals surface area contributed by atoms with Crippen LogP contribution in [0.15, 0.2) is 12.8 Å². The lowest BCUT2D eigenvalue weighted by Gasteiger charge is -1.99. The maximum atomic E-state index is 10.3. The van der Waals surface area contributed by atoms with Gasteiger partial charge in [-0.05, 0) is 6.92 Å². The molecule has 8 heavy (non-hydrogen) atoms. The number of carbonyl (C=O) groups excluding carboxylic acids is 1. The Bertz CT molecular complexity index is 98.6. The summed E-state index contributed by atoms with van der Waals surface area (Å²) in [7, 11) is 0. The van der Waals surface area contributed by atoms with E-state index in [1.54, 1.807) is 6.92 Å². The Hall–Kier alpha value is -0.830. The zero-order valence-corrected chi connectivity index (χ0v) is 4.76. The van der Waals surface area contributed by atoms with E-state index in [0.29, 0.717) is 0 Å². The van der Waals surface area contributed by atoms with Crippen LogP contribution in [-0.2, 0) is 9.53 Å². The zero-order valence-electron chi connectivity index (χ0n) is 4.76. The maximum absolute atomic E-state index is 10.3. The quantitative estimate of drug-likeness (QED) is 0.407. The lowest BCUT2D eigenvalue weighted by Crippen LogP contribution is -2.27. The van der Waals surface area contributed by atoms with Crippen LogP contribution in [-0.4, -0.2) is 12.0 Å². The first-order valence-corrected chi connectivity index (χ1v) is 2.25. The Kier molecular flexibility index (Phi) is 2.88. The minimum atomic E-state index is -0.562. The van der Waals surface area contributed by atoms with Crippen molar-refractivity contribution >= 4 is 5.97 Å². The summed E-state index contributed by atoms with van der Waals surface area (Å²) < 4.78 is 4.30. The van der Waals surface area contributed by atoms with Crippen LogP contribution in [0.4, 0.5) is 0 Å². The van der Waals surface area contributed by atoms with Crippen molar-refractivity contribution in [3.05, 3.63) is 12.8 Å². The number of esters is 1. The van der Waals surface area contributed by atoms with Crippen LogP contribution in [0.3, 0.4) is 0 Å². The molecule has 0 bridgehead atoms. The van der Waals surface area contributed by atoms with Gasteiger partial charge in [-0.15, -0.1) is 0 Å². The molecule has 0 unspecified atom stereocenters. The van der Waals surface area contributed by atoms with Gasteiger partial charge in [-0.1, -0.05) is 6.58 Å². The second-order valence-electron chi connectivity index (χ2n) is 1.39. The molecular formula is C5H9NO2. The van der Waals surface area contributed by atoms with Gasteiger partial charge < -0.3 is 10.5 Å². The Morgan fingerprint density at radius 3 is 2.62 bits per heavy atom. The number of hydrogen-bond acceptors (Lipinski definition) is 3. The van der Waals surface area contributed by atoms with Gasteiger partial charge in [0.2, 0.25) is 0 Å². The lowest BCUT2D eigenvalue weighted by molar-refractivity contribution is -0.139. The molecule has 0 aromatic carbocycles. The van der Waals surface area contributed by atoms with E-state index < -0.39 is 12.0 Å². The summed E-state index contributed by atoms with van der Waals surface area (Å²) in [5, 5.41) is 0. The fourth-order valence-corrected chi connectivity index (χ4v) is 0.189. The summed E-state index contributed by atoms with van der Waals surface area (Å²) in [6, 6.07) is -0.562. The Morgan fingerprint density at radius 2 is 2.50 bits per heavy atom. The molecule has 0 aromatic heterocycles. The molecule has 0 saturated heterocycles. The van der Waals surface area contributed by atoms with Crippen LogP contribution in [0.25, 0.3) is 0 Å². The highest BCUT2D eigenvalue weighted by atomic mass is 16.5. The van der Waals surface area contributed by atoms with E-state index in [-0.39, 0.29) is 0 Å². The predicted octanol–water partition coefficient (Wildman–Crippen LogP) is 0.0203. The van der Waals surface area contributed by atoms with Gasteiger partial charge in [0.05, 0.1) is 6.26 Å². The summed E-state index contributed by atoms with van der Waals surface area (Å²) in [4.78, 5) is 10.3. The van der Waals surface area contributed by atoms with Crippen LogP contribution in [0.5, 0.6) is 0 Å². The van der Waals surface area contributed by atoms with Crippen molar-refractivity contribution in [2.75, 3.05) is 0 Å². The van der Waals surface area contributed by atoms with Gasteiger partial charge in [0, 0.05) is 0 Å². The highest BCUT2D eigenvalue weighted by Gasteiger charge is 2.04. The summed E-state index contributed by atoms with van der Waals surface area (Å²) in [6.07, 6.45) is 1.06. The van der Waals surface area contributed by atoms with Crippen molar-refractivity contribution in [1.82, 2.24) is 0 Å². The number of carbonyl (C=O) groups is 1. The van der Waals surface area contributed by atoms with Gasteiger partial charge in [0.1, 0.15) is 6.04 Å². The first-order chi connectivity index (χ1) is 3.68. The Morgan fingerprint density at radius 1 is 2.00 bits per heavy atom. The molecule has 0 spiro atoms. The molecule has 3 nitrogen and oxygen atoms in total. The average molecular weight is 115 g/mol. The fraction of sp³-hybridized carbons (Fsp3) is 0.400. The third-order valence-electron chi connectivity index (χ3n) is 0.571. The van der Waals surface area contributed by atoms with E-state index in [0.717, 1.165) is 6.26 Å². The second-order valence-corrected chi connectivity index (χ2v) is 1.39. The largest absolute Gasteiger partial charge is 0.434 e. The van der Waals surface area contributed by atoms with Gasteiger partial charge in [0.15, 0.2) is 0 Å². The van der Waals surface area contributed by atoms with E-state index in [2.05, 4.69) is 11.3 Å². The van der Waals surface area contributed by atoms with Crippen LogP contribution < -0.4 is 5.73 Å². The van der Waals surface area contributed by atoms with E-state index >= 15 is 0 Å². The second kappa shape index (κ2) is 3.21. The van der Waals surface area contributed by atoms with E-state index in [1.165, 1.54) is 0 Å². The van der Waals surface area contributed by atoms with Crippen molar-refractivity contribution < 1.29 is 9.53 Å². The van der Waals surface area contributed by atoms with Crippen LogP contribution >= 0.6 is 0 Å². The molecular weight excluding hydrogens is 106 g/mol. The highest BCUT2D eigenvalue weighted by Crippen LogP contribution is 1.81. The molecule has 0 aliphatic carbocycles.